The van der Waals surface area contributed by atoms with Gasteiger partial charge in [-0.05, 0) is 38.4 Å². The van der Waals surface area contributed by atoms with Gasteiger partial charge in [-0.2, -0.15) is 0 Å². The zero-order valence-electron chi connectivity index (χ0n) is 11.3. The predicted molar refractivity (Wildman–Crippen MR) is 71.4 cm³/mol. The molecule has 3 atom stereocenters. The van der Waals surface area contributed by atoms with Gasteiger partial charge in [0.25, 0.3) is 0 Å². The first-order valence-electron chi connectivity index (χ1n) is 6.45. The molecule has 1 rings (SSSR count). The highest BCUT2D eigenvalue weighted by molar-refractivity contribution is 7.62. The normalized spacial score (nSPS) is 30.6. The Hall–Kier alpha value is 0.390. The van der Waals surface area contributed by atoms with E-state index in [9.17, 15) is 0 Å². The minimum Gasteiger partial charge on any atom is -0.272 e. The van der Waals surface area contributed by atoms with E-state index in [-0.39, 0.29) is 8.07 Å². The van der Waals surface area contributed by atoms with Crippen LogP contribution >= 0.6 is 8.07 Å². The summed E-state index contributed by atoms with van der Waals surface area (Å²) in [6.45, 7) is 15.4. The molecule has 90 valence electrons. The monoisotopic (exact) mass is 229 g/mol. The lowest BCUT2D eigenvalue weighted by molar-refractivity contribution is 0.415. The zero-order chi connectivity index (χ0) is 11.6. The third kappa shape index (κ3) is 4.41. The van der Waals surface area contributed by atoms with Gasteiger partial charge in [-0.15, -0.1) is 0 Å². The van der Waals surface area contributed by atoms with Crippen LogP contribution in [0.4, 0.5) is 0 Å². The summed E-state index contributed by atoms with van der Waals surface area (Å²) in [6.07, 6.45) is 2.88. The van der Waals surface area contributed by atoms with E-state index in [0.29, 0.717) is 0 Å². The predicted octanol–water partition coefficient (Wildman–Crippen LogP) is 4.38. The Kier molecular flexibility index (Phi) is 5.06. The molecule has 1 fully saturated rings. The Bertz CT molecular complexity index is 150. The quantitative estimate of drug-likeness (QED) is 0.482. The van der Waals surface area contributed by atoms with Gasteiger partial charge in [0.05, 0.1) is 0 Å². The van der Waals surface area contributed by atoms with E-state index in [1.807, 2.05) is 0 Å². The van der Waals surface area contributed by atoms with Gasteiger partial charge in [-0.25, -0.2) is 0 Å². The maximum absolute atomic E-state index is 2.79. The largest absolute Gasteiger partial charge is 0.272 e. The van der Waals surface area contributed by atoms with Gasteiger partial charge >= 0.3 is 0 Å². The lowest BCUT2D eigenvalue weighted by atomic mass is 10.1. The molecule has 2 heteroatoms. The van der Waals surface area contributed by atoms with Crippen LogP contribution in [-0.4, -0.2) is 23.2 Å². The first kappa shape index (κ1) is 13.5. The molecule has 0 N–H and O–H groups in total. The standard InChI is InChI=1S/C13H28NP/c1-10(2)7-13-14(8-11(3)4)15(13)9-12(5)6/h10-13H,7-9H2,1-6H3. The van der Waals surface area contributed by atoms with Crippen molar-refractivity contribution in [1.29, 1.82) is 0 Å². The van der Waals surface area contributed by atoms with Crippen LogP contribution in [0.15, 0.2) is 0 Å². The van der Waals surface area contributed by atoms with Crippen molar-refractivity contribution in [3.8, 4) is 0 Å². The third-order valence-electron chi connectivity index (χ3n) is 2.75. The minimum atomic E-state index is 0.252. The van der Waals surface area contributed by atoms with E-state index in [1.54, 1.807) is 0 Å². The van der Waals surface area contributed by atoms with Crippen LogP contribution in [0.25, 0.3) is 0 Å². The Labute approximate surface area is 97.4 Å². The van der Waals surface area contributed by atoms with Gasteiger partial charge in [0.1, 0.15) is 0 Å². The van der Waals surface area contributed by atoms with Gasteiger partial charge in [-0.3, -0.25) is 4.67 Å². The molecular formula is C13H28NP. The van der Waals surface area contributed by atoms with Gasteiger partial charge in [0, 0.05) is 12.3 Å². The fourth-order valence-corrected chi connectivity index (χ4v) is 5.56. The van der Waals surface area contributed by atoms with Crippen LogP contribution in [0.1, 0.15) is 48.0 Å². The summed E-state index contributed by atoms with van der Waals surface area (Å²) < 4.78 is 2.79. The molecule has 1 aliphatic heterocycles. The number of nitrogens with zero attached hydrogens (tertiary/aromatic N) is 1. The highest BCUT2D eigenvalue weighted by Crippen LogP contribution is 2.67. The van der Waals surface area contributed by atoms with E-state index in [0.717, 1.165) is 23.5 Å². The molecule has 0 radical (unpaired) electrons. The van der Waals surface area contributed by atoms with Crippen molar-refractivity contribution in [1.82, 2.24) is 4.67 Å². The molecule has 1 nitrogen and oxygen atoms in total. The fourth-order valence-electron chi connectivity index (χ4n) is 2.16. The van der Waals surface area contributed by atoms with Gasteiger partial charge in [0.15, 0.2) is 0 Å². The molecule has 0 aliphatic carbocycles. The Morgan fingerprint density at radius 1 is 0.933 bits per heavy atom. The summed E-state index contributed by atoms with van der Waals surface area (Å²) in [5, 5.41) is 0. The van der Waals surface area contributed by atoms with Crippen molar-refractivity contribution >= 4 is 8.07 Å². The van der Waals surface area contributed by atoms with Crippen LogP contribution in [0.5, 0.6) is 0 Å². The van der Waals surface area contributed by atoms with E-state index in [1.165, 1.54) is 19.1 Å². The van der Waals surface area contributed by atoms with Crippen molar-refractivity contribution in [2.75, 3.05) is 12.7 Å². The van der Waals surface area contributed by atoms with Crippen molar-refractivity contribution < 1.29 is 0 Å². The second kappa shape index (κ2) is 5.64. The molecule has 0 aromatic carbocycles. The average molecular weight is 229 g/mol. The zero-order valence-corrected chi connectivity index (χ0v) is 12.2. The number of hydrogen-bond acceptors (Lipinski definition) is 1. The van der Waals surface area contributed by atoms with Gasteiger partial charge < -0.3 is 0 Å². The van der Waals surface area contributed by atoms with E-state index in [4.69, 9.17) is 0 Å². The van der Waals surface area contributed by atoms with Crippen molar-refractivity contribution in [2.45, 2.75) is 53.7 Å². The first-order chi connectivity index (χ1) is 6.91. The van der Waals surface area contributed by atoms with Crippen molar-refractivity contribution in [3.63, 3.8) is 0 Å². The van der Waals surface area contributed by atoms with Crippen LogP contribution in [0.2, 0.25) is 0 Å². The lowest BCUT2D eigenvalue weighted by Gasteiger charge is -2.08. The van der Waals surface area contributed by atoms with Crippen LogP contribution < -0.4 is 0 Å². The summed E-state index contributed by atoms with van der Waals surface area (Å²) >= 11 is 0. The molecule has 1 aliphatic rings. The lowest BCUT2D eigenvalue weighted by Crippen LogP contribution is -2.10. The molecule has 0 bridgehead atoms. The van der Waals surface area contributed by atoms with Crippen LogP contribution in [0, 0.1) is 17.8 Å². The van der Waals surface area contributed by atoms with Crippen LogP contribution in [0.3, 0.4) is 0 Å². The summed E-state index contributed by atoms with van der Waals surface area (Å²) in [4.78, 5) is 0. The van der Waals surface area contributed by atoms with Gasteiger partial charge in [0.2, 0.25) is 0 Å². The smallest absolute Gasteiger partial charge is 0.0471 e. The molecular weight excluding hydrogens is 201 g/mol. The SMILES string of the molecule is CC(C)CC1N(CC(C)C)P1CC(C)C. The molecule has 1 heterocycles. The molecule has 3 unspecified atom stereocenters. The highest BCUT2D eigenvalue weighted by Gasteiger charge is 2.46. The van der Waals surface area contributed by atoms with Crippen LogP contribution in [-0.2, 0) is 0 Å². The van der Waals surface area contributed by atoms with Crippen molar-refractivity contribution in [2.24, 2.45) is 17.8 Å². The summed E-state index contributed by atoms with van der Waals surface area (Å²) in [7, 11) is 0.252. The third-order valence-corrected chi connectivity index (χ3v) is 5.90. The molecule has 1 saturated heterocycles. The van der Waals surface area contributed by atoms with Crippen molar-refractivity contribution in [3.05, 3.63) is 0 Å². The maximum Gasteiger partial charge on any atom is 0.0471 e. The summed E-state index contributed by atoms with van der Waals surface area (Å²) in [5.74, 6) is 3.54. The Balaban J connectivity index is 2.39. The minimum absolute atomic E-state index is 0.252. The molecule has 0 saturated carbocycles. The van der Waals surface area contributed by atoms with E-state index < -0.39 is 0 Å². The first-order valence-corrected chi connectivity index (χ1v) is 7.99. The van der Waals surface area contributed by atoms with E-state index in [2.05, 4.69) is 46.2 Å². The number of hydrogen-bond donors (Lipinski definition) is 0. The topological polar surface area (TPSA) is 3.01 Å². The maximum atomic E-state index is 2.79. The summed E-state index contributed by atoms with van der Waals surface area (Å²) in [5.41, 5.74) is 0. The second-order valence-electron chi connectivity index (χ2n) is 6.14. The summed E-state index contributed by atoms with van der Waals surface area (Å²) in [6, 6.07) is 0. The molecule has 0 aromatic rings. The average Bonchev–Trinajstić information content (AvgIpc) is 2.60. The fraction of sp³-hybridized carbons (Fsp3) is 1.00. The van der Waals surface area contributed by atoms with Gasteiger partial charge in [-0.1, -0.05) is 41.5 Å². The second-order valence-corrected chi connectivity index (χ2v) is 8.50. The Morgan fingerprint density at radius 2 is 1.53 bits per heavy atom. The molecule has 15 heavy (non-hydrogen) atoms. The molecule has 0 aromatic heterocycles. The highest BCUT2D eigenvalue weighted by atomic mass is 31.1. The van der Waals surface area contributed by atoms with E-state index >= 15 is 0 Å². The molecule has 0 spiro atoms. The molecule has 0 amide bonds. The Morgan fingerprint density at radius 3 is 1.93 bits per heavy atom. The number of rotatable bonds is 6.